The molecule has 8 nitrogen and oxygen atoms in total. The Hall–Kier alpha value is -1.84. The van der Waals surface area contributed by atoms with Crippen LogP contribution in [0.5, 0.6) is 11.6 Å². The Morgan fingerprint density at radius 3 is 2.59 bits per heavy atom. The molecule has 1 fully saturated rings. The molecular formula is C21H20Cl2N3NaO5. The van der Waals surface area contributed by atoms with Crippen LogP contribution in [0.1, 0.15) is 26.7 Å². The van der Waals surface area contributed by atoms with E-state index in [0.29, 0.717) is 51.5 Å². The fourth-order valence-corrected chi connectivity index (χ4v) is 3.57. The van der Waals surface area contributed by atoms with E-state index < -0.39 is 5.97 Å². The number of ether oxygens (including phenoxy) is 2. The van der Waals surface area contributed by atoms with Gasteiger partial charge in [-0.05, 0) is 51.0 Å². The summed E-state index contributed by atoms with van der Waals surface area (Å²) in [4.78, 5) is 19.5. The van der Waals surface area contributed by atoms with Crippen LogP contribution in [0.4, 0.5) is 0 Å². The molecule has 3 aromatic rings. The number of benzene rings is 1. The Morgan fingerprint density at radius 1 is 1.22 bits per heavy atom. The van der Waals surface area contributed by atoms with Crippen LogP contribution in [-0.2, 0) is 4.79 Å². The minimum absolute atomic E-state index is 0. The molecule has 0 unspecified atom stereocenters. The van der Waals surface area contributed by atoms with Crippen molar-refractivity contribution < 1.29 is 23.9 Å². The molecule has 1 aromatic carbocycles. The van der Waals surface area contributed by atoms with E-state index in [1.54, 1.807) is 30.5 Å². The van der Waals surface area contributed by atoms with Gasteiger partial charge >= 0.3 is 35.5 Å². The van der Waals surface area contributed by atoms with Gasteiger partial charge in [0.05, 0.1) is 22.6 Å². The van der Waals surface area contributed by atoms with Crippen molar-refractivity contribution in [2.45, 2.75) is 38.9 Å². The SMILES string of the molecule is CC(C)Oc1ncc(-c2nc(-c3ccc(OC4CC(C(=O)O)C4)cc3Cl)no2)cc1Cl.[NaH]. The van der Waals surface area contributed by atoms with Gasteiger partial charge in [-0.25, -0.2) is 4.98 Å². The quantitative estimate of drug-likeness (QED) is 0.485. The van der Waals surface area contributed by atoms with Gasteiger partial charge in [0.2, 0.25) is 11.7 Å². The monoisotopic (exact) mass is 487 g/mol. The van der Waals surface area contributed by atoms with Crippen LogP contribution in [0.3, 0.4) is 0 Å². The minimum atomic E-state index is -0.792. The van der Waals surface area contributed by atoms with Crippen LogP contribution in [-0.4, -0.2) is 68.0 Å². The Labute approximate surface area is 216 Å². The Kier molecular flexibility index (Phi) is 8.06. The molecule has 0 bridgehead atoms. The van der Waals surface area contributed by atoms with E-state index in [0.717, 1.165) is 0 Å². The van der Waals surface area contributed by atoms with Gasteiger partial charge in [-0.1, -0.05) is 28.4 Å². The summed E-state index contributed by atoms with van der Waals surface area (Å²) in [6, 6.07) is 6.76. The van der Waals surface area contributed by atoms with Crippen molar-refractivity contribution in [3.05, 3.63) is 40.5 Å². The van der Waals surface area contributed by atoms with Crippen molar-refractivity contribution >= 4 is 58.7 Å². The topological polar surface area (TPSA) is 108 Å². The van der Waals surface area contributed by atoms with Gasteiger partial charge in [-0.3, -0.25) is 4.79 Å². The first kappa shape index (κ1) is 24.8. The van der Waals surface area contributed by atoms with Crippen LogP contribution in [0.15, 0.2) is 35.0 Å². The molecule has 1 N–H and O–H groups in total. The molecular weight excluding hydrogens is 468 g/mol. The van der Waals surface area contributed by atoms with Gasteiger partial charge in [0.25, 0.3) is 5.89 Å². The van der Waals surface area contributed by atoms with Crippen LogP contribution >= 0.6 is 23.2 Å². The maximum absolute atomic E-state index is 10.9. The van der Waals surface area contributed by atoms with Gasteiger partial charge in [0, 0.05) is 11.8 Å². The number of hydrogen-bond donors (Lipinski definition) is 1. The summed E-state index contributed by atoms with van der Waals surface area (Å²) in [5.74, 6) is 0.306. The maximum atomic E-state index is 10.9. The summed E-state index contributed by atoms with van der Waals surface area (Å²) in [5, 5.41) is 13.7. The van der Waals surface area contributed by atoms with Crippen LogP contribution < -0.4 is 9.47 Å². The third-order valence-electron chi connectivity index (χ3n) is 4.76. The van der Waals surface area contributed by atoms with Crippen molar-refractivity contribution in [2.24, 2.45) is 5.92 Å². The fraction of sp³-hybridized carbons (Fsp3) is 0.333. The van der Waals surface area contributed by atoms with E-state index in [-0.39, 0.29) is 53.6 Å². The average molecular weight is 488 g/mol. The summed E-state index contributed by atoms with van der Waals surface area (Å²) >= 11 is 12.6. The first-order chi connectivity index (χ1) is 14.8. The van der Waals surface area contributed by atoms with E-state index in [4.69, 9.17) is 42.3 Å². The zero-order valence-electron chi connectivity index (χ0n) is 16.7. The van der Waals surface area contributed by atoms with E-state index >= 15 is 0 Å². The molecule has 2 aromatic heterocycles. The molecule has 164 valence electrons. The van der Waals surface area contributed by atoms with Gasteiger partial charge in [0.15, 0.2) is 0 Å². The summed E-state index contributed by atoms with van der Waals surface area (Å²) in [6.07, 6.45) is 2.34. The zero-order chi connectivity index (χ0) is 22.1. The molecule has 0 spiro atoms. The molecule has 2 heterocycles. The van der Waals surface area contributed by atoms with Crippen molar-refractivity contribution in [3.63, 3.8) is 0 Å². The number of aliphatic carboxylic acids is 1. The predicted octanol–water partition coefficient (Wildman–Crippen LogP) is 4.49. The third kappa shape index (κ3) is 5.55. The Morgan fingerprint density at radius 2 is 1.97 bits per heavy atom. The summed E-state index contributed by atoms with van der Waals surface area (Å²) in [7, 11) is 0. The van der Waals surface area contributed by atoms with Gasteiger partial charge < -0.3 is 19.1 Å². The molecule has 0 atom stereocenters. The number of pyridine rings is 1. The number of carbonyl (C=O) groups is 1. The van der Waals surface area contributed by atoms with Crippen molar-refractivity contribution in [2.75, 3.05) is 0 Å². The van der Waals surface area contributed by atoms with Crippen LogP contribution in [0, 0.1) is 5.92 Å². The number of halogens is 2. The molecule has 1 saturated carbocycles. The number of nitrogens with zero attached hydrogens (tertiary/aromatic N) is 3. The number of carboxylic acids is 1. The molecule has 0 amide bonds. The summed E-state index contributed by atoms with van der Waals surface area (Å²) in [5.41, 5.74) is 1.12. The number of rotatable bonds is 7. The normalized spacial score (nSPS) is 17.4. The van der Waals surface area contributed by atoms with E-state index in [9.17, 15) is 4.79 Å². The molecule has 4 rings (SSSR count). The number of hydrogen-bond acceptors (Lipinski definition) is 7. The summed E-state index contributed by atoms with van der Waals surface area (Å²) in [6.45, 7) is 3.77. The predicted molar refractivity (Wildman–Crippen MR) is 121 cm³/mol. The molecule has 1 aliphatic carbocycles. The first-order valence-corrected chi connectivity index (χ1v) is 10.4. The first-order valence-electron chi connectivity index (χ1n) is 9.66. The molecule has 0 aliphatic heterocycles. The molecule has 11 heteroatoms. The molecule has 32 heavy (non-hydrogen) atoms. The van der Waals surface area contributed by atoms with Crippen LogP contribution in [0.2, 0.25) is 10.0 Å². The average Bonchev–Trinajstić information content (AvgIpc) is 3.15. The summed E-state index contributed by atoms with van der Waals surface area (Å²) < 4.78 is 16.7. The third-order valence-corrected chi connectivity index (χ3v) is 5.34. The van der Waals surface area contributed by atoms with Crippen LogP contribution in [0.25, 0.3) is 22.8 Å². The second-order valence-corrected chi connectivity index (χ2v) is 8.30. The Balaban J connectivity index is 0.00000289. The van der Waals surface area contributed by atoms with Gasteiger partial charge in [-0.2, -0.15) is 4.98 Å². The molecule has 1 aliphatic rings. The van der Waals surface area contributed by atoms with E-state index in [1.165, 1.54) is 0 Å². The fourth-order valence-electron chi connectivity index (χ4n) is 3.11. The number of carboxylic acid groups (broad SMARTS) is 1. The zero-order valence-corrected chi connectivity index (χ0v) is 18.2. The van der Waals surface area contributed by atoms with Gasteiger partial charge in [0.1, 0.15) is 16.9 Å². The second-order valence-electron chi connectivity index (χ2n) is 7.49. The second kappa shape index (κ2) is 10.4. The van der Waals surface area contributed by atoms with Crippen molar-refractivity contribution in [1.29, 1.82) is 0 Å². The number of aromatic nitrogens is 3. The van der Waals surface area contributed by atoms with Crippen molar-refractivity contribution in [3.8, 4) is 34.5 Å². The molecule has 0 radical (unpaired) electrons. The van der Waals surface area contributed by atoms with E-state index in [2.05, 4.69) is 15.1 Å². The molecule has 0 saturated heterocycles. The standard InChI is InChI=1S/C21H19Cl2N3O5.Na.H/c1-10(2)29-20-17(23)7-12(9-24-20)19-25-18(26-31-19)15-4-3-13(8-16(15)22)30-14-5-11(6-14)21(27)28;;/h3-4,7-11,14H,5-6H2,1-2H3,(H,27,28);;. The van der Waals surface area contributed by atoms with E-state index in [1.807, 2.05) is 13.8 Å². The van der Waals surface area contributed by atoms with Gasteiger partial charge in [-0.15, -0.1) is 0 Å². The Bertz CT molecular complexity index is 1120. The van der Waals surface area contributed by atoms with Crippen molar-refractivity contribution in [1.82, 2.24) is 15.1 Å².